The van der Waals surface area contributed by atoms with Gasteiger partial charge in [-0.25, -0.2) is 0 Å². The molecule has 0 fully saturated rings. The number of nitrogens with zero attached hydrogens (tertiary/aromatic N) is 1. The van der Waals surface area contributed by atoms with Crippen molar-refractivity contribution in [1.29, 1.82) is 0 Å². The molecule has 1 unspecified atom stereocenters. The van der Waals surface area contributed by atoms with E-state index in [2.05, 4.69) is 24.3 Å². The Morgan fingerprint density at radius 1 is 1.03 bits per heavy atom. The second-order valence-corrected chi connectivity index (χ2v) is 7.83. The van der Waals surface area contributed by atoms with Crippen molar-refractivity contribution in [2.24, 2.45) is 0 Å². The summed E-state index contributed by atoms with van der Waals surface area (Å²) in [6.45, 7) is 0.543. The van der Waals surface area contributed by atoms with E-state index in [0.29, 0.717) is 17.1 Å². The highest BCUT2D eigenvalue weighted by Crippen LogP contribution is 2.36. The van der Waals surface area contributed by atoms with Crippen LogP contribution < -0.4 is 4.74 Å². The maximum atomic E-state index is 13.6. The van der Waals surface area contributed by atoms with Crippen LogP contribution in [-0.2, 0) is 13.0 Å². The highest BCUT2D eigenvalue weighted by Gasteiger charge is 2.30. The van der Waals surface area contributed by atoms with Crippen molar-refractivity contribution in [2.45, 2.75) is 31.8 Å². The Kier molecular flexibility index (Phi) is 5.86. The number of ether oxygens (including phenoxy) is 1. The minimum atomic E-state index is 0.0318. The molecule has 0 N–H and O–H groups in total. The van der Waals surface area contributed by atoms with Crippen molar-refractivity contribution in [3.05, 3.63) is 100 Å². The molecule has 4 rings (SSSR count). The third kappa shape index (κ3) is 4.30. The van der Waals surface area contributed by atoms with Gasteiger partial charge in [-0.3, -0.25) is 4.79 Å². The Balaban J connectivity index is 1.70. The number of aryl methyl sites for hydroxylation is 1. The molecule has 0 heterocycles. The molecule has 0 radical (unpaired) electrons. The van der Waals surface area contributed by atoms with E-state index in [4.69, 9.17) is 16.3 Å². The lowest BCUT2D eigenvalue weighted by molar-refractivity contribution is 0.0638. The molecular formula is C25H24ClNO2. The van der Waals surface area contributed by atoms with Crippen LogP contribution in [0.4, 0.5) is 0 Å². The minimum absolute atomic E-state index is 0.0318. The second kappa shape index (κ2) is 8.71. The van der Waals surface area contributed by atoms with E-state index in [0.717, 1.165) is 30.6 Å². The van der Waals surface area contributed by atoms with Crippen molar-refractivity contribution in [1.82, 2.24) is 4.90 Å². The van der Waals surface area contributed by atoms with Crippen LogP contribution in [0.5, 0.6) is 5.75 Å². The van der Waals surface area contributed by atoms with Gasteiger partial charge in [0.2, 0.25) is 0 Å². The molecule has 29 heavy (non-hydrogen) atoms. The number of carbonyl (C=O) groups is 1. The van der Waals surface area contributed by atoms with Gasteiger partial charge in [0.15, 0.2) is 0 Å². The molecule has 0 bridgehead atoms. The lowest BCUT2D eigenvalue weighted by atomic mass is 9.86. The van der Waals surface area contributed by atoms with Gasteiger partial charge in [-0.05, 0) is 72.4 Å². The van der Waals surface area contributed by atoms with Crippen molar-refractivity contribution in [3.8, 4) is 5.75 Å². The van der Waals surface area contributed by atoms with Gasteiger partial charge >= 0.3 is 0 Å². The number of methoxy groups -OCH3 is 1. The van der Waals surface area contributed by atoms with Crippen molar-refractivity contribution in [3.63, 3.8) is 0 Å². The van der Waals surface area contributed by atoms with Crippen LogP contribution in [0.25, 0.3) is 0 Å². The van der Waals surface area contributed by atoms with E-state index in [9.17, 15) is 4.79 Å². The first-order valence-electron chi connectivity index (χ1n) is 9.93. The minimum Gasteiger partial charge on any atom is -0.497 e. The first-order valence-corrected chi connectivity index (χ1v) is 10.3. The summed E-state index contributed by atoms with van der Waals surface area (Å²) in [7, 11) is 1.63. The van der Waals surface area contributed by atoms with Crippen molar-refractivity contribution >= 4 is 17.5 Å². The fourth-order valence-electron chi connectivity index (χ4n) is 4.06. The zero-order valence-corrected chi connectivity index (χ0v) is 17.2. The summed E-state index contributed by atoms with van der Waals surface area (Å²) >= 11 is 6.06. The normalized spacial score (nSPS) is 15.4. The molecule has 0 aliphatic heterocycles. The van der Waals surface area contributed by atoms with E-state index < -0.39 is 0 Å². The van der Waals surface area contributed by atoms with Gasteiger partial charge in [-0.1, -0.05) is 48.0 Å². The molecular weight excluding hydrogens is 382 g/mol. The number of amides is 1. The van der Waals surface area contributed by atoms with Crippen LogP contribution in [-0.4, -0.2) is 17.9 Å². The predicted octanol–water partition coefficient (Wildman–Crippen LogP) is 6.07. The van der Waals surface area contributed by atoms with E-state index in [-0.39, 0.29) is 11.9 Å². The first-order chi connectivity index (χ1) is 14.2. The lowest BCUT2D eigenvalue weighted by Gasteiger charge is -2.36. The number of rotatable bonds is 5. The third-order valence-electron chi connectivity index (χ3n) is 5.58. The average Bonchev–Trinajstić information content (AvgIpc) is 2.78. The fourth-order valence-corrected chi connectivity index (χ4v) is 4.19. The largest absolute Gasteiger partial charge is 0.497 e. The number of benzene rings is 3. The van der Waals surface area contributed by atoms with Crippen LogP contribution in [0.1, 0.15) is 45.9 Å². The molecule has 0 spiro atoms. The molecule has 4 heteroatoms. The second-order valence-electron chi connectivity index (χ2n) is 7.39. The summed E-state index contributed by atoms with van der Waals surface area (Å²) in [5, 5.41) is 0.699. The highest BCUT2D eigenvalue weighted by molar-refractivity contribution is 6.30. The summed E-state index contributed by atoms with van der Waals surface area (Å²) in [4.78, 5) is 15.6. The van der Waals surface area contributed by atoms with Crippen LogP contribution >= 0.6 is 11.6 Å². The number of carbonyl (C=O) groups excluding carboxylic acids is 1. The Bertz CT molecular complexity index is 982. The zero-order chi connectivity index (χ0) is 20.2. The number of halogens is 1. The molecule has 0 saturated heterocycles. The Morgan fingerprint density at radius 2 is 1.76 bits per heavy atom. The van der Waals surface area contributed by atoms with Crippen LogP contribution in [0.2, 0.25) is 5.02 Å². The SMILES string of the molecule is COc1ccc(C(=O)N(Cc2ccc(Cl)cc2)C2CCCc3ccccc32)cc1. The van der Waals surface area contributed by atoms with E-state index in [1.54, 1.807) is 7.11 Å². The third-order valence-corrected chi connectivity index (χ3v) is 5.83. The maximum Gasteiger partial charge on any atom is 0.254 e. The van der Waals surface area contributed by atoms with E-state index in [1.807, 2.05) is 53.4 Å². The number of fused-ring (bicyclic) bond motifs is 1. The molecule has 0 aromatic heterocycles. The standard InChI is InChI=1S/C25H24ClNO2/c1-29-22-15-11-20(12-16-22)25(28)27(17-18-9-13-21(26)14-10-18)24-8-4-6-19-5-2-3-7-23(19)24/h2-3,5,7,9-16,24H,4,6,8,17H2,1H3. The Hall–Kier alpha value is -2.78. The smallest absolute Gasteiger partial charge is 0.254 e. The summed E-state index contributed by atoms with van der Waals surface area (Å²) in [6.07, 6.45) is 3.11. The molecule has 0 saturated carbocycles. The molecule has 148 valence electrons. The zero-order valence-electron chi connectivity index (χ0n) is 16.5. The van der Waals surface area contributed by atoms with Gasteiger partial charge in [0, 0.05) is 17.1 Å². The molecule has 1 aliphatic rings. The quantitative estimate of drug-likeness (QED) is 0.515. The van der Waals surface area contributed by atoms with Crippen LogP contribution in [0.3, 0.4) is 0 Å². The van der Waals surface area contributed by atoms with Crippen LogP contribution in [0, 0.1) is 0 Å². The molecule has 3 nitrogen and oxygen atoms in total. The molecule has 1 atom stereocenters. The Morgan fingerprint density at radius 3 is 2.48 bits per heavy atom. The van der Waals surface area contributed by atoms with Gasteiger partial charge in [0.05, 0.1) is 13.2 Å². The summed E-state index contributed by atoms with van der Waals surface area (Å²) in [5.41, 5.74) is 4.34. The lowest BCUT2D eigenvalue weighted by Crippen LogP contribution is -2.36. The van der Waals surface area contributed by atoms with Gasteiger partial charge in [-0.2, -0.15) is 0 Å². The number of hydrogen-bond acceptors (Lipinski definition) is 2. The number of hydrogen-bond donors (Lipinski definition) is 0. The summed E-state index contributed by atoms with van der Waals surface area (Å²) in [6, 6.07) is 23.6. The molecule has 3 aromatic carbocycles. The predicted molar refractivity (Wildman–Crippen MR) is 116 cm³/mol. The molecule has 1 aliphatic carbocycles. The monoisotopic (exact) mass is 405 g/mol. The maximum absolute atomic E-state index is 13.6. The molecule has 1 amide bonds. The molecule has 3 aromatic rings. The summed E-state index contributed by atoms with van der Waals surface area (Å²) in [5.74, 6) is 0.776. The van der Waals surface area contributed by atoms with Gasteiger partial charge in [0.1, 0.15) is 5.75 Å². The summed E-state index contributed by atoms with van der Waals surface area (Å²) < 4.78 is 5.24. The average molecular weight is 406 g/mol. The fraction of sp³-hybridized carbons (Fsp3) is 0.240. The highest BCUT2D eigenvalue weighted by atomic mass is 35.5. The van der Waals surface area contributed by atoms with Crippen LogP contribution in [0.15, 0.2) is 72.8 Å². The van der Waals surface area contributed by atoms with E-state index in [1.165, 1.54) is 11.1 Å². The first kappa shape index (κ1) is 19.5. The van der Waals surface area contributed by atoms with Crippen molar-refractivity contribution in [2.75, 3.05) is 7.11 Å². The van der Waals surface area contributed by atoms with E-state index >= 15 is 0 Å². The Labute approximate surface area is 176 Å². The van der Waals surface area contributed by atoms with Crippen molar-refractivity contribution < 1.29 is 9.53 Å². The van der Waals surface area contributed by atoms with Gasteiger partial charge < -0.3 is 9.64 Å². The topological polar surface area (TPSA) is 29.5 Å². The van der Waals surface area contributed by atoms with Gasteiger partial charge in [0.25, 0.3) is 5.91 Å². The van der Waals surface area contributed by atoms with Gasteiger partial charge in [-0.15, -0.1) is 0 Å².